The Kier molecular flexibility index (Phi) is 4.11. The zero-order valence-electron chi connectivity index (χ0n) is 11.9. The van der Waals surface area contributed by atoms with Gasteiger partial charge < -0.3 is 10.4 Å². The van der Waals surface area contributed by atoms with Gasteiger partial charge in [0.25, 0.3) is 5.91 Å². The van der Waals surface area contributed by atoms with Crippen LogP contribution in [0.3, 0.4) is 0 Å². The van der Waals surface area contributed by atoms with E-state index in [0.29, 0.717) is 24.5 Å². The van der Waals surface area contributed by atoms with Crippen LogP contribution in [0.15, 0.2) is 12.3 Å². The fourth-order valence-electron chi connectivity index (χ4n) is 2.66. The number of hydrogen-bond acceptors (Lipinski definition) is 3. The van der Waals surface area contributed by atoms with E-state index < -0.39 is 11.4 Å². The molecular weight excluding hydrogens is 258 g/mol. The number of amides is 1. The molecule has 0 bridgehead atoms. The predicted molar refractivity (Wildman–Crippen MR) is 73.2 cm³/mol. The second-order valence-corrected chi connectivity index (χ2v) is 5.83. The van der Waals surface area contributed by atoms with Gasteiger partial charge in [0.2, 0.25) is 0 Å². The van der Waals surface area contributed by atoms with Crippen molar-refractivity contribution < 1.29 is 14.7 Å². The van der Waals surface area contributed by atoms with Crippen molar-refractivity contribution in [2.75, 3.05) is 6.54 Å². The van der Waals surface area contributed by atoms with Crippen LogP contribution in [0, 0.1) is 11.3 Å². The van der Waals surface area contributed by atoms with E-state index in [-0.39, 0.29) is 12.5 Å². The molecule has 1 amide bonds. The topological polar surface area (TPSA) is 84.2 Å². The largest absolute Gasteiger partial charge is 0.481 e. The molecule has 6 heteroatoms. The highest BCUT2D eigenvalue weighted by atomic mass is 16.4. The molecule has 0 unspecified atom stereocenters. The average Bonchev–Trinajstić information content (AvgIpc) is 2.84. The number of carboxylic acid groups (broad SMARTS) is 1. The number of aryl methyl sites for hydroxylation is 1. The smallest absolute Gasteiger partial charge is 0.311 e. The molecule has 1 aromatic rings. The van der Waals surface area contributed by atoms with E-state index in [4.69, 9.17) is 0 Å². The summed E-state index contributed by atoms with van der Waals surface area (Å²) in [6.45, 7) is 2.31. The van der Waals surface area contributed by atoms with Crippen molar-refractivity contribution in [3.05, 3.63) is 18.0 Å². The Morgan fingerprint density at radius 2 is 2.15 bits per heavy atom. The molecule has 0 spiro atoms. The molecule has 110 valence electrons. The quantitative estimate of drug-likeness (QED) is 0.873. The Morgan fingerprint density at radius 3 is 2.65 bits per heavy atom. The number of carbonyl (C=O) groups excluding carboxylic acids is 1. The van der Waals surface area contributed by atoms with E-state index in [0.717, 1.165) is 12.8 Å². The average molecular weight is 279 g/mol. The Labute approximate surface area is 118 Å². The van der Waals surface area contributed by atoms with Crippen LogP contribution in [0.4, 0.5) is 0 Å². The fraction of sp³-hybridized carbons (Fsp3) is 0.643. The van der Waals surface area contributed by atoms with Crippen molar-refractivity contribution in [3.63, 3.8) is 0 Å². The van der Waals surface area contributed by atoms with Gasteiger partial charge in [-0.2, -0.15) is 5.10 Å². The Hall–Kier alpha value is -1.85. The Balaban J connectivity index is 1.99. The molecule has 1 saturated carbocycles. The first-order valence-corrected chi connectivity index (χ1v) is 6.94. The summed E-state index contributed by atoms with van der Waals surface area (Å²) in [6, 6.07) is 1.62. The van der Waals surface area contributed by atoms with Gasteiger partial charge in [0, 0.05) is 19.8 Å². The fourth-order valence-corrected chi connectivity index (χ4v) is 2.66. The van der Waals surface area contributed by atoms with E-state index in [2.05, 4.69) is 17.3 Å². The van der Waals surface area contributed by atoms with Crippen LogP contribution >= 0.6 is 0 Å². The summed E-state index contributed by atoms with van der Waals surface area (Å²) < 4.78 is 1.55. The minimum absolute atomic E-state index is 0.171. The maximum Gasteiger partial charge on any atom is 0.311 e. The van der Waals surface area contributed by atoms with Crippen LogP contribution < -0.4 is 5.32 Å². The lowest BCUT2D eigenvalue weighted by molar-refractivity contribution is -0.151. The number of aliphatic carboxylic acids is 1. The summed E-state index contributed by atoms with van der Waals surface area (Å²) in [7, 11) is 1.73. The molecule has 1 heterocycles. The molecule has 0 atom stereocenters. The van der Waals surface area contributed by atoms with E-state index in [9.17, 15) is 14.7 Å². The molecule has 0 aromatic carbocycles. The van der Waals surface area contributed by atoms with E-state index in [1.807, 2.05) is 0 Å². The first-order chi connectivity index (χ1) is 9.43. The van der Waals surface area contributed by atoms with Crippen LogP contribution in [0.5, 0.6) is 0 Å². The highest BCUT2D eigenvalue weighted by molar-refractivity contribution is 5.92. The van der Waals surface area contributed by atoms with Crippen LogP contribution in [-0.2, 0) is 11.8 Å². The normalized spacial score (nSPS) is 26.2. The van der Waals surface area contributed by atoms with E-state index >= 15 is 0 Å². The summed E-state index contributed by atoms with van der Waals surface area (Å²) in [5, 5.41) is 16.2. The van der Waals surface area contributed by atoms with Gasteiger partial charge in [0.15, 0.2) is 0 Å². The van der Waals surface area contributed by atoms with E-state index in [1.54, 1.807) is 24.0 Å². The molecule has 0 aliphatic heterocycles. The molecule has 20 heavy (non-hydrogen) atoms. The third kappa shape index (κ3) is 3.00. The van der Waals surface area contributed by atoms with Crippen molar-refractivity contribution in [2.24, 2.45) is 18.4 Å². The molecular formula is C14H21N3O3. The number of nitrogens with one attached hydrogen (secondary N) is 1. The standard InChI is InChI=1S/C14H21N3O3/c1-10-3-6-14(7-4-10,13(19)20)9-15-12(18)11-5-8-17(2)16-11/h5,8,10H,3-4,6-7,9H2,1-2H3,(H,15,18)(H,19,20). The molecule has 1 aromatic heterocycles. The number of hydrogen-bond donors (Lipinski definition) is 2. The van der Waals surface area contributed by atoms with Crippen LogP contribution in [0.25, 0.3) is 0 Å². The van der Waals surface area contributed by atoms with Gasteiger partial charge in [-0.05, 0) is 37.7 Å². The third-order valence-corrected chi connectivity index (χ3v) is 4.22. The number of rotatable bonds is 4. The van der Waals surface area contributed by atoms with Gasteiger partial charge in [-0.1, -0.05) is 6.92 Å². The highest BCUT2D eigenvalue weighted by Gasteiger charge is 2.41. The lowest BCUT2D eigenvalue weighted by atomic mass is 9.71. The van der Waals surface area contributed by atoms with Gasteiger partial charge in [0.05, 0.1) is 5.41 Å². The second-order valence-electron chi connectivity index (χ2n) is 5.83. The van der Waals surface area contributed by atoms with Crippen LogP contribution in [-0.4, -0.2) is 33.3 Å². The minimum atomic E-state index is -0.822. The number of aromatic nitrogens is 2. The summed E-state index contributed by atoms with van der Waals surface area (Å²) in [5.74, 6) is -0.565. The molecule has 1 fully saturated rings. The summed E-state index contributed by atoms with van der Waals surface area (Å²) in [5.41, 5.74) is -0.506. The zero-order chi connectivity index (χ0) is 14.8. The SMILES string of the molecule is CC1CCC(CNC(=O)c2ccn(C)n2)(C(=O)O)CC1. The molecule has 2 N–H and O–H groups in total. The lowest BCUT2D eigenvalue weighted by Gasteiger charge is -2.35. The maximum absolute atomic E-state index is 11.9. The lowest BCUT2D eigenvalue weighted by Crippen LogP contribution is -2.45. The van der Waals surface area contributed by atoms with Gasteiger partial charge >= 0.3 is 5.97 Å². The van der Waals surface area contributed by atoms with Crippen molar-refractivity contribution in [3.8, 4) is 0 Å². The van der Waals surface area contributed by atoms with Crippen LogP contribution in [0.2, 0.25) is 0 Å². The number of nitrogens with zero attached hydrogens (tertiary/aromatic N) is 2. The highest BCUT2D eigenvalue weighted by Crippen LogP contribution is 2.38. The maximum atomic E-state index is 11.9. The zero-order valence-corrected chi connectivity index (χ0v) is 11.9. The summed E-state index contributed by atoms with van der Waals surface area (Å²) >= 11 is 0. The minimum Gasteiger partial charge on any atom is -0.481 e. The summed E-state index contributed by atoms with van der Waals surface area (Å²) in [4.78, 5) is 23.5. The number of carboxylic acids is 1. The summed E-state index contributed by atoms with van der Waals surface area (Å²) in [6.07, 6.45) is 4.71. The first kappa shape index (κ1) is 14.6. The number of carbonyl (C=O) groups is 2. The van der Waals surface area contributed by atoms with Gasteiger partial charge in [-0.25, -0.2) is 0 Å². The van der Waals surface area contributed by atoms with Crippen molar-refractivity contribution in [1.29, 1.82) is 0 Å². The van der Waals surface area contributed by atoms with Gasteiger partial charge in [0.1, 0.15) is 5.69 Å². The van der Waals surface area contributed by atoms with Gasteiger partial charge in [-0.15, -0.1) is 0 Å². The van der Waals surface area contributed by atoms with Crippen molar-refractivity contribution >= 4 is 11.9 Å². The molecule has 1 aliphatic rings. The second kappa shape index (κ2) is 5.64. The first-order valence-electron chi connectivity index (χ1n) is 6.94. The molecule has 6 nitrogen and oxygen atoms in total. The molecule has 0 saturated heterocycles. The van der Waals surface area contributed by atoms with Crippen LogP contribution in [0.1, 0.15) is 43.1 Å². The molecule has 1 aliphatic carbocycles. The molecule has 0 radical (unpaired) electrons. The third-order valence-electron chi connectivity index (χ3n) is 4.22. The van der Waals surface area contributed by atoms with Crippen molar-refractivity contribution in [1.82, 2.24) is 15.1 Å². The molecule has 2 rings (SSSR count). The predicted octanol–water partition coefficient (Wildman–Crippen LogP) is 1.43. The Morgan fingerprint density at radius 1 is 1.50 bits per heavy atom. The monoisotopic (exact) mass is 279 g/mol. The Bertz CT molecular complexity index is 502. The van der Waals surface area contributed by atoms with Crippen molar-refractivity contribution in [2.45, 2.75) is 32.6 Å². The van der Waals surface area contributed by atoms with E-state index in [1.165, 1.54) is 0 Å². The van der Waals surface area contributed by atoms with Gasteiger partial charge in [-0.3, -0.25) is 14.3 Å².